The summed E-state index contributed by atoms with van der Waals surface area (Å²) in [6, 6.07) is 9.25. The van der Waals surface area contributed by atoms with Crippen LogP contribution in [0.5, 0.6) is 0 Å². The van der Waals surface area contributed by atoms with Gasteiger partial charge in [0, 0.05) is 19.1 Å². The molecule has 25 heavy (non-hydrogen) atoms. The lowest BCUT2D eigenvalue weighted by Gasteiger charge is -2.24. The van der Waals surface area contributed by atoms with E-state index in [0.717, 1.165) is 24.8 Å². The minimum atomic E-state index is -0.692. The molecule has 0 aliphatic carbocycles. The van der Waals surface area contributed by atoms with Gasteiger partial charge in [-0.15, -0.1) is 0 Å². The van der Waals surface area contributed by atoms with Crippen molar-refractivity contribution in [2.24, 2.45) is 11.7 Å². The Balaban J connectivity index is 2.48. The van der Waals surface area contributed by atoms with E-state index in [9.17, 15) is 9.90 Å². The molecule has 0 spiro atoms. The lowest BCUT2D eigenvalue weighted by Crippen LogP contribution is -2.50. The van der Waals surface area contributed by atoms with Crippen LogP contribution in [0, 0.1) is 5.92 Å². The second kappa shape index (κ2) is 12.0. The summed E-state index contributed by atoms with van der Waals surface area (Å²) in [4.78, 5) is 12.3. The van der Waals surface area contributed by atoms with Gasteiger partial charge in [-0.3, -0.25) is 4.79 Å². The fourth-order valence-corrected chi connectivity index (χ4v) is 2.60. The predicted octanol–water partition coefficient (Wildman–Crippen LogP) is 1.84. The van der Waals surface area contributed by atoms with Gasteiger partial charge in [0.2, 0.25) is 5.91 Å². The van der Waals surface area contributed by atoms with Gasteiger partial charge in [0.15, 0.2) is 0 Å². The number of rotatable bonds is 12. The summed E-state index contributed by atoms with van der Waals surface area (Å²) in [5.41, 5.74) is 7.22. The van der Waals surface area contributed by atoms with Crippen molar-refractivity contribution in [2.75, 3.05) is 13.1 Å². The molecule has 0 saturated carbocycles. The van der Waals surface area contributed by atoms with E-state index in [-0.39, 0.29) is 18.0 Å². The number of amides is 1. The number of unbranched alkanes of at least 4 members (excludes halogenated alkanes) is 1. The van der Waals surface area contributed by atoms with Crippen LogP contribution in [-0.2, 0) is 11.2 Å². The molecule has 142 valence electrons. The van der Waals surface area contributed by atoms with Crippen LogP contribution in [0.15, 0.2) is 30.3 Å². The number of hydrogen-bond acceptors (Lipinski definition) is 4. The summed E-state index contributed by atoms with van der Waals surface area (Å²) in [5.74, 6) is 0.423. The minimum absolute atomic E-state index is 0.00554. The molecule has 0 bridgehead atoms. The number of carbonyl (C=O) groups is 1. The van der Waals surface area contributed by atoms with Crippen LogP contribution in [-0.4, -0.2) is 42.3 Å². The topological polar surface area (TPSA) is 87.4 Å². The molecule has 0 saturated heterocycles. The number of hydrogen-bond donors (Lipinski definition) is 4. The normalized spacial score (nSPS) is 15.0. The third-order valence-electron chi connectivity index (χ3n) is 4.23. The lowest BCUT2D eigenvalue weighted by atomic mass is 10.0. The number of nitrogens with one attached hydrogen (secondary N) is 2. The second-order valence-electron chi connectivity index (χ2n) is 7.16. The summed E-state index contributed by atoms with van der Waals surface area (Å²) in [7, 11) is 0. The molecule has 1 rings (SSSR count). The van der Waals surface area contributed by atoms with Crippen LogP contribution in [0.4, 0.5) is 0 Å². The van der Waals surface area contributed by atoms with Crippen molar-refractivity contribution in [3.8, 4) is 0 Å². The SMILES string of the molecule is CCCC[C@H](NC[C@@H](O)[C@@H](N)Cc1ccccc1)C(=O)NCC(C)C. The zero-order valence-electron chi connectivity index (χ0n) is 15.9. The van der Waals surface area contributed by atoms with Crippen LogP contribution in [0.1, 0.15) is 45.6 Å². The molecular weight excluding hydrogens is 314 g/mol. The molecule has 5 nitrogen and oxygen atoms in total. The molecule has 5 heteroatoms. The molecule has 1 amide bonds. The number of carbonyl (C=O) groups excluding carboxylic acids is 1. The highest BCUT2D eigenvalue weighted by atomic mass is 16.3. The summed E-state index contributed by atoms with van der Waals surface area (Å²) in [6.45, 7) is 7.23. The Labute approximate surface area is 152 Å². The van der Waals surface area contributed by atoms with E-state index in [2.05, 4.69) is 31.4 Å². The van der Waals surface area contributed by atoms with Gasteiger partial charge < -0.3 is 21.5 Å². The standard InChI is InChI=1S/C20H35N3O2/c1-4-5-11-18(20(25)23-13-15(2)3)22-14-19(24)17(21)12-16-9-7-6-8-10-16/h6-10,15,17-19,22,24H,4-5,11-14,21H2,1-3H3,(H,23,25)/t17-,18-,19+/m0/s1. The molecule has 0 fully saturated rings. The van der Waals surface area contributed by atoms with E-state index in [4.69, 9.17) is 5.73 Å². The highest BCUT2D eigenvalue weighted by Gasteiger charge is 2.21. The van der Waals surface area contributed by atoms with Gasteiger partial charge >= 0.3 is 0 Å². The minimum Gasteiger partial charge on any atom is -0.390 e. The first kappa shape index (κ1) is 21.6. The van der Waals surface area contributed by atoms with E-state index in [1.807, 2.05) is 30.3 Å². The van der Waals surface area contributed by atoms with E-state index < -0.39 is 6.10 Å². The van der Waals surface area contributed by atoms with Crippen molar-refractivity contribution < 1.29 is 9.90 Å². The largest absolute Gasteiger partial charge is 0.390 e. The first-order chi connectivity index (χ1) is 11.9. The molecule has 0 radical (unpaired) electrons. The maximum absolute atomic E-state index is 12.3. The first-order valence-corrected chi connectivity index (χ1v) is 9.42. The van der Waals surface area contributed by atoms with Crippen LogP contribution >= 0.6 is 0 Å². The number of aliphatic hydroxyl groups is 1. The Kier molecular flexibility index (Phi) is 10.4. The van der Waals surface area contributed by atoms with Crippen LogP contribution < -0.4 is 16.4 Å². The molecule has 5 N–H and O–H groups in total. The monoisotopic (exact) mass is 349 g/mol. The smallest absolute Gasteiger partial charge is 0.237 e. The maximum Gasteiger partial charge on any atom is 0.237 e. The highest BCUT2D eigenvalue weighted by molar-refractivity contribution is 5.81. The van der Waals surface area contributed by atoms with E-state index >= 15 is 0 Å². The third-order valence-corrected chi connectivity index (χ3v) is 4.23. The second-order valence-corrected chi connectivity index (χ2v) is 7.16. The molecule has 1 aromatic rings. The maximum atomic E-state index is 12.3. The average Bonchev–Trinajstić information content (AvgIpc) is 2.60. The molecule has 0 aromatic heterocycles. The summed E-state index contributed by atoms with van der Waals surface area (Å²) in [6.07, 6.45) is 2.69. The number of nitrogens with two attached hydrogens (primary N) is 1. The van der Waals surface area contributed by atoms with E-state index in [1.165, 1.54) is 0 Å². The summed E-state index contributed by atoms with van der Waals surface area (Å²) >= 11 is 0. The van der Waals surface area contributed by atoms with E-state index in [1.54, 1.807) is 0 Å². The van der Waals surface area contributed by atoms with Gasteiger partial charge in [0.1, 0.15) is 0 Å². The molecular formula is C20H35N3O2. The Hall–Kier alpha value is -1.43. The molecule has 0 heterocycles. The predicted molar refractivity (Wildman–Crippen MR) is 103 cm³/mol. The van der Waals surface area contributed by atoms with Crippen molar-refractivity contribution >= 4 is 5.91 Å². The van der Waals surface area contributed by atoms with Crippen LogP contribution in [0.3, 0.4) is 0 Å². The van der Waals surface area contributed by atoms with Crippen molar-refractivity contribution in [1.82, 2.24) is 10.6 Å². The fraction of sp³-hybridized carbons (Fsp3) is 0.650. The van der Waals surface area contributed by atoms with Gasteiger partial charge in [-0.1, -0.05) is 63.9 Å². The Morgan fingerprint density at radius 2 is 1.88 bits per heavy atom. The summed E-state index contributed by atoms with van der Waals surface area (Å²) in [5, 5.41) is 16.5. The fourth-order valence-electron chi connectivity index (χ4n) is 2.60. The van der Waals surface area contributed by atoms with Gasteiger partial charge in [0.25, 0.3) is 0 Å². The zero-order valence-corrected chi connectivity index (χ0v) is 15.9. The average molecular weight is 350 g/mol. The molecule has 1 aromatic carbocycles. The highest BCUT2D eigenvalue weighted by Crippen LogP contribution is 2.06. The van der Waals surface area contributed by atoms with Crippen molar-refractivity contribution in [1.29, 1.82) is 0 Å². The lowest BCUT2D eigenvalue weighted by molar-refractivity contribution is -0.123. The molecule has 0 aliphatic heterocycles. The molecule has 0 unspecified atom stereocenters. The van der Waals surface area contributed by atoms with Crippen molar-refractivity contribution in [3.05, 3.63) is 35.9 Å². The van der Waals surface area contributed by atoms with Crippen LogP contribution in [0.25, 0.3) is 0 Å². The Morgan fingerprint density at radius 1 is 1.20 bits per heavy atom. The first-order valence-electron chi connectivity index (χ1n) is 9.42. The van der Waals surface area contributed by atoms with E-state index in [0.29, 0.717) is 25.4 Å². The number of aliphatic hydroxyl groups excluding tert-OH is 1. The molecule has 0 aliphatic rings. The van der Waals surface area contributed by atoms with Gasteiger partial charge in [-0.25, -0.2) is 0 Å². The zero-order chi connectivity index (χ0) is 18.7. The number of benzene rings is 1. The van der Waals surface area contributed by atoms with Crippen molar-refractivity contribution in [3.63, 3.8) is 0 Å². The van der Waals surface area contributed by atoms with Crippen molar-refractivity contribution in [2.45, 2.75) is 64.6 Å². The quantitative estimate of drug-likeness (QED) is 0.464. The third kappa shape index (κ3) is 9.00. The van der Waals surface area contributed by atoms with Crippen LogP contribution in [0.2, 0.25) is 0 Å². The Bertz CT molecular complexity index is 479. The molecule has 3 atom stereocenters. The van der Waals surface area contributed by atoms with Gasteiger partial charge in [0.05, 0.1) is 12.1 Å². The summed E-state index contributed by atoms with van der Waals surface area (Å²) < 4.78 is 0. The van der Waals surface area contributed by atoms with Gasteiger partial charge in [-0.2, -0.15) is 0 Å². The Morgan fingerprint density at radius 3 is 2.48 bits per heavy atom. The van der Waals surface area contributed by atoms with Gasteiger partial charge in [-0.05, 0) is 24.3 Å².